The molecule has 210 valence electrons. The molecule has 1 aromatic heterocycles. The Kier molecular flexibility index (Phi) is 7.95. The first-order valence-corrected chi connectivity index (χ1v) is 13.8. The minimum absolute atomic E-state index is 0.0743. The van der Waals surface area contributed by atoms with Gasteiger partial charge in [-0.1, -0.05) is 78.6 Å². The van der Waals surface area contributed by atoms with Gasteiger partial charge in [0.05, 0.1) is 23.0 Å². The third-order valence-corrected chi connectivity index (χ3v) is 6.87. The van der Waals surface area contributed by atoms with Crippen molar-refractivity contribution in [2.75, 3.05) is 0 Å². The number of benzene rings is 4. The van der Waals surface area contributed by atoms with Crippen molar-refractivity contribution in [2.24, 2.45) is 7.05 Å². The molecule has 6 nitrogen and oxygen atoms in total. The van der Waals surface area contributed by atoms with Crippen LogP contribution < -0.4 is 11.2 Å². The van der Waals surface area contributed by atoms with E-state index >= 15 is 0 Å². The highest BCUT2D eigenvalue weighted by Gasteiger charge is 2.18. The molecule has 0 saturated heterocycles. The summed E-state index contributed by atoms with van der Waals surface area (Å²) in [6.45, 7) is 5.50. The molecule has 5 rings (SSSR count). The van der Waals surface area contributed by atoms with Crippen LogP contribution in [0.25, 0.3) is 22.0 Å². The summed E-state index contributed by atoms with van der Waals surface area (Å²) in [5.41, 5.74) is 4.40. The predicted molar refractivity (Wildman–Crippen MR) is 167 cm³/mol. The van der Waals surface area contributed by atoms with Gasteiger partial charge in [0.2, 0.25) is 0 Å². The smallest absolute Gasteiger partial charge is 0.338 e. The van der Waals surface area contributed by atoms with Crippen molar-refractivity contribution in [1.82, 2.24) is 9.13 Å². The molecule has 0 aliphatic carbocycles. The maximum atomic E-state index is 13.5. The molecule has 0 saturated carbocycles. The molecule has 6 heteroatoms. The monoisotopic (exact) mass is 556 g/mol. The van der Waals surface area contributed by atoms with Crippen molar-refractivity contribution in [3.05, 3.63) is 140 Å². The fourth-order valence-electron chi connectivity index (χ4n) is 4.69. The Morgan fingerprint density at radius 2 is 1.45 bits per heavy atom. The number of ether oxygens (including phenoxy) is 1. The molecule has 0 bridgehead atoms. The van der Waals surface area contributed by atoms with Crippen LogP contribution in [-0.4, -0.2) is 20.7 Å². The maximum Gasteiger partial charge on any atom is 0.338 e. The number of carbonyl (C=O) groups excluding carboxylic acids is 1. The lowest BCUT2D eigenvalue weighted by Crippen LogP contribution is -2.39. The van der Waals surface area contributed by atoms with Gasteiger partial charge in [-0.3, -0.25) is 13.9 Å². The lowest BCUT2D eigenvalue weighted by atomic mass is 10.0. The molecule has 0 atom stereocenters. The van der Waals surface area contributed by atoms with Crippen molar-refractivity contribution in [3.8, 4) is 23.0 Å². The van der Waals surface area contributed by atoms with E-state index in [9.17, 15) is 14.4 Å². The number of hydrogen-bond donors (Lipinski definition) is 0. The number of hydrogen-bond acceptors (Lipinski definition) is 4. The first-order chi connectivity index (χ1) is 20.1. The molecule has 0 unspecified atom stereocenters. The van der Waals surface area contributed by atoms with Gasteiger partial charge >= 0.3 is 11.7 Å². The number of nitrogens with zero attached hydrogens (tertiary/aromatic N) is 2. The number of carbonyl (C=O) groups is 1. The Morgan fingerprint density at radius 1 is 0.810 bits per heavy atom. The Morgan fingerprint density at radius 3 is 2.12 bits per heavy atom. The van der Waals surface area contributed by atoms with E-state index in [-0.39, 0.29) is 12.1 Å². The Bertz CT molecular complexity index is 1930. The van der Waals surface area contributed by atoms with Crippen LogP contribution in [0.2, 0.25) is 0 Å². The fraction of sp³-hybridized carbons (Fsp3) is 0.194. The first-order valence-electron chi connectivity index (χ1n) is 13.8. The topological polar surface area (TPSA) is 70.3 Å². The van der Waals surface area contributed by atoms with Crippen LogP contribution in [0.4, 0.5) is 0 Å². The second-order valence-electron chi connectivity index (χ2n) is 11.2. The zero-order chi connectivity index (χ0) is 29.9. The zero-order valence-corrected chi connectivity index (χ0v) is 24.2. The average molecular weight is 557 g/mol. The summed E-state index contributed by atoms with van der Waals surface area (Å²) in [7, 11) is 1.65. The van der Waals surface area contributed by atoms with Gasteiger partial charge in [-0.15, -0.1) is 0 Å². The molecule has 0 N–H and O–H groups in total. The normalized spacial score (nSPS) is 11.1. The Balaban J connectivity index is 1.36. The van der Waals surface area contributed by atoms with Crippen molar-refractivity contribution < 1.29 is 9.53 Å². The summed E-state index contributed by atoms with van der Waals surface area (Å²) in [5, 5.41) is 0.418. The molecule has 0 aliphatic rings. The van der Waals surface area contributed by atoms with E-state index in [0.29, 0.717) is 28.5 Å². The Hall–Kier alpha value is -5.15. The third kappa shape index (κ3) is 6.42. The molecule has 42 heavy (non-hydrogen) atoms. The van der Waals surface area contributed by atoms with Crippen molar-refractivity contribution in [2.45, 2.75) is 39.3 Å². The second kappa shape index (κ2) is 11.8. The molecule has 0 spiro atoms. The summed E-state index contributed by atoms with van der Waals surface area (Å²) in [6.07, 6.45) is 0.573. The highest BCUT2D eigenvalue weighted by molar-refractivity contribution is 5.89. The highest BCUT2D eigenvalue weighted by Crippen LogP contribution is 2.19. The number of aromatic nitrogens is 2. The van der Waals surface area contributed by atoms with Gasteiger partial charge in [0, 0.05) is 19.0 Å². The van der Waals surface area contributed by atoms with Crippen LogP contribution >= 0.6 is 0 Å². The molecule has 0 radical (unpaired) electrons. The molecule has 0 fully saturated rings. The second-order valence-corrected chi connectivity index (χ2v) is 11.2. The largest absolute Gasteiger partial charge is 0.456 e. The van der Waals surface area contributed by atoms with Gasteiger partial charge in [0.1, 0.15) is 5.60 Å². The lowest BCUT2D eigenvalue weighted by Gasteiger charge is -2.19. The summed E-state index contributed by atoms with van der Waals surface area (Å²) in [4.78, 5) is 38.9. The van der Waals surface area contributed by atoms with E-state index < -0.39 is 17.3 Å². The van der Waals surface area contributed by atoms with Gasteiger partial charge < -0.3 is 4.74 Å². The van der Waals surface area contributed by atoms with Gasteiger partial charge in [-0.25, -0.2) is 9.59 Å². The zero-order valence-electron chi connectivity index (χ0n) is 24.2. The van der Waals surface area contributed by atoms with E-state index in [1.807, 2.05) is 45.0 Å². The van der Waals surface area contributed by atoms with Crippen molar-refractivity contribution in [3.63, 3.8) is 0 Å². The van der Waals surface area contributed by atoms with Gasteiger partial charge in [-0.2, -0.15) is 0 Å². The van der Waals surface area contributed by atoms with E-state index in [2.05, 4.69) is 48.2 Å². The maximum absolute atomic E-state index is 13.5. The van der Waals surface area contributed by atoms with E-state index in [4.69, 9.17) is 4.74 Å². The van der Waals surface area contributed by atoms with Gasteiger partial charge in [0.15, 0.2) is 0 Å². The van der Waals surface area contributed by atoms with Crippen LogP contribution in [0, 0.1) is 11.8 Å². The molecular weight excluding hydrogens is 524 g/mol. The molecule has 0 aliphatic heterocycles. The molecule has 0 amide bonds. The summed E-state index contributed by atoms with van der Waals surface area (Å²) >= 11 is 0. The van der Waals surface area contributed by atoms with Crippen LogP contribution in [0.15, 0.2) is 107 Å². The van der Waals surface area contributed by atoms with Crippen LogP contribution in [0.3, 0.4) is 0 Å². The van der Waals surface area contributed by atoms with Crippen molar-refractivity contribution in [1.29, 1.82) is 0 Å². The summed E-state index contributed by atoms with van der Waals surface area (Å²) < 4.78 is 8.09. The lowest BCUT2D eigenvalue weighted by molar-refractivity contribution is 0.00695. The molecular formula is C36H32N2O4. The van der Waals surface area contributed by atoms with Gasteiger partial charge in [0.25, 0.3) is 5.56 Å². The predicted octanol–water partition coefficient (Wildman–Crippen LogP) is 5.97. The minimum atomic E-state index is -0.599. The first kappa shape index (κ1) is 28.4. The van der Waals surface area contributed by atoms with E-state index in [0.717, 1.165) is 16.7 Å². The molecule has 4 aromatic carbocycles. The highest BCUT2D eigenvalue weighted by atomic mass is 16.6. The SMILES string of the molecule is Cn1c(=O)n(Cc2ccc(C(=O)OC(C)(C)C)cc2)c(=O)c2cc(C#CCc3ccc(-c4ccccc4)cc3)ccc21. The summed E-state index contributed by atoms with van der Waals surface area (Å²) in [6, 6.07) is 30.6. The number of rotatable bonds is 5. The van der Waals surface area contributed by atoms with E-state index in [1.54, 1.807) is 43.4 Å². The minimum Gasteiger partial charge on any atom is -0.456 e. The standard InChI is InChI=1S/C36H32N2O4/c1-36(2,3)42-34(40)30-20-15-27(16-21-30)24-38-33(39)31-23-26(17-22-32(31)37(4)35(38)41)10-8-9-25-13-18-29(19-14-25)28-11-6-5-7-12-28/h5-7,11-23H,9,24H2,1-4H3. The molecule has 1 heterocycles. The number of aryl methyl sites for hydroxylation is 1. The van der Waals surface area contributed by atoms with Crippen LogP contribution in [0.5, 0.6) is 0 Å². The van der Waals surface area contributed by atoms with Crippen LogP contribution in [0.1, 0.15) is 47.8 Å². The number of esters is 1. The Labute approximate surface area is 244 Å². The van der Waals surface area contributed by atoms with Gasteiger partial charge in [-0.05, 0) is 73.4 Å². The fourth-order valence-corrected chi connectivity index (χ4v) is 4.69. The third-order valence-electron chi connectivity index (χ3n) is 6.87. The average Bonchev–Trinajstić information content (AvgIpc) is 2.98. The number of fused-ring (bicyclic) bond motifs is 1. The molecule has 5 aromatic rings. The summed E-state index contributed by atoms with van der Waals surface area (Å²) in [5.74, 6) is 5.95. The quantitative estimate of drug-likeness (QED) is 0.198. The van der Waals surface area contributed by atoms with E-state index in [1.165, 1.54) is 14.7 Å². The van der Waals surface area contributed by atoms with Crippen molar-refractivity contribution >= 4 is 16.9 Å². The van der Waals surface area contributed by atoms with Crippen LogP contribution in [-0.2, 0) is 24.8 Å².